The summed E-state index contributed by atoms with van der Waals surface area (Å²) in [5, 5.41) is 6.17. The highest BCUT2D eigenvalue weighted by Crippen LogP contribution is 2.16. The molecule has 0 aliphatic carbocycles. The van der Waals surface area contributed by atoms with Crippen LogP contribution in [0.4, 0.5) is 4.39 Å². The second kappa shape index (κ2) is 9.82. The Kier molecular flexibility index (Phi) is 9.28. The Morgan fingerprint density at radius 1 is 1.37 bits per heavy atom. The molecule has 0 saturated heterocycles. The molecular formula is C13H21FIN3O. The summed E-state index contributed by atoms with van der Waals surface area (Å²) in [4.78, 5) is 4.04. The average Bonchev–Trinajstić information content (AvgIpc) is 2.37. The second-order valence-electron chi connectivity index (χ2n) is 3.84. The van der Waals surface area contributed by atoms with Crippen LogP contribution >= 0.6 is 24.0 Å². The number of guanidine groups is 1. The molecule has 0 heterocycles. The number of aliphatic imine (C=N–C) groups is 1. The molecule has 6 heteroatoms. The van der Waals surface area contributed by atoms with Gasteiger partial charge in [-0.15, -0.1) is 24.0 Å². The van der Waals surface area contributed by atoms with Gasteiger partial charge in [-0.1, -0.05) is 12.1 Å². The summed E-state index contributed by atoms with van der Waals surface area (Å²) in [5.41, 5.74) is 0. The van der Waals surface area contributed by atoms with Crippen LogP contribution < -0.4 is 15.4 Å². The van der Waals surface area contributed by atoms with Crippen molar-refractivity contribution in [2.24, 2.45) is 4.99 Å². The minimum absolute atomic E-state index is 0. The minimum Gasteiger partial charge on any atom is -0.486 e. The molecule has 1 aromatic carbocycles. The van der Waals surface area contributed by atoms with Gasteiger partial charge >= 0.3 is 0 Å². The van der Waals surface area contributed by atoms with Crippen molar-refractivity contribution in [2.45, 2.75) is 20.0 Å². The van der Waals surface area contributed by atoms with Crippen LogP contribution in [0, 0.1) is 5.82 Å². The lowest BCUT2D eigenvalue weighted by Gasteiger charge is -2.17. The van der Waals surface area contributed by atoms with E-state index in [9.17, 15) is 4.39 Å². The van der Waals surface area contributed by atoms with Gasteiger partial charge in [-0.2, -0.15) is 0 Å². The molecule has 0 fully saturated rings. The molecule has 0 saturated carbocycles. The van der Waals surface area contributed by atoms with Gasteiger partial charge in [0.05, 0.1) is 6.54 Å². The Morgan fingerprint density at radius 2 is 2.05 bits per heavy atom. The molecule has 108 valence electrons. The van der Waals surface area contributed by atoms with Gasteiger partial charge in [-0.3, -0.25) is 4.99 Å². The standard InChI is InChI=1S/C13H20FN3O.HI/c1-4-16-13(15-3)17-9-10(2)18-12-8-6-5-7-11(12)14;/h5-8,10H,4,9H2,1-3H3,(H2,15,16,17);1H. The molecule has 0 aliphatic rings. The quantitative estimate of drug-likeness (QED) is 0.468. The smallest absolute Gasteiger partial charge is 0.191 e. The highest BCUT2D eigenvalue weighted by molar-refractivity contribution is 14.0. The van der Waals surface area contributed by atoms with Crippen molar-refractivity contribution >= 4 is 29.9 Å². The topological polar surface area (TPSA) is 45.7 Å². The Morgan fingerprint density at radius 3 is 2.63 bits per heavy atom. The van der Waals surface area contributed by atoms with E-state index in [0.29, 0.717) is 12.5 Å². The highest BCUT2D eigenvalue weighted by Gasteiger charge is 2.08. The molecule has 0 radical (unpaired) electrons. The van der Waals surface area contributed by atoms with Crippen molar-refractivity contribution in [3.05, 3.63) is 30.1 Å². The van der Waals surface area contributed by atoms with Crippen LogP contribution in [0.25, 0.3) is 0 Å². The Bertz CT molecular complexity index is 401. The van der Waals surface area contributed by atoms with E-state index in [1.807, 2.05) is 13.8 Å². The van der Waals surface area contributed by atoms with Gasteiger partial charge in [0.25, 0.3) is 0 Å². The number of rotatable bonds is 5. The van der Waals surface area contributed by atoms with Crippen LogP contribution in [-0.4, -0.2) is 32.2 Å². The maximum atomic E-state index is 13.4. The van der Waals surface area contributed by atoms with Gasteiger partial charge in [0.2, 0.25) is 0 Å². The van der Waals surface area contributed by atoms with Gasteiger partial charge in [0.15, 0.2) is 17.5 Å². The van der Waals surface area contributed by atoms with Gasteiger partial charge < -0.3 is 15.4 Å². The maximum absolute atomic E-state index is 13.4. The van der Waals surface area contributed by atoms with Crippen LogP contribution in [0.15, 0.2) is 29.3 Å². The van der Waals surface area contributed by atoms with E-state index < -0.39 is 0 Å². The first-order chi connectivity index (χ1) is 8.67. The van der Waals surface area contributed by atoms with Crippen molar-refractivity contribution in [2.75, 3.05) is 20.1 Å². The molecule has 1 aromatic rings. The van der Waals surface area contributed by atoms with Crippen molar-refractivity contribution in [1.29, 1.82) is 0 Å². The summed E-state index contributed by atoms with van der Waals surface area (Å²) < 4.78 is 18.9. The van der Waals surface area contributed by atoms with Gasteiger partial charge in [0, 0.05) is 13.6 Å². The third kappa shape index (κ3) is 6.60. The Hall–Kier alpha value is -1.05. The predicted molar refractivity (Wildman–Crippen MR) is 86.9 cm³/mol. The third-order valence-electron chi connectivity index (χ3n) is 2.29. The molecule has 1 atom stereocenters. The zero-order valence-electron chi connectivity index (χ0n) is 11.4. The summed E-state index contributed by atoms with van der Waals surface area (Å²) in [7, 11) is 1.70. The summed E-state index contributed by atoms with van der Waals surface area (Å²) >= 11 is 0. The number of nitrogens with one attached hydrogen (secondary N) is 2. The largest absolute Gasteiger partial charge is 0.486 e. The lowest BCUT2D eigenvalue weighted by Crippen LogP contribution is -2.41. The van der Waals surface area contributed by atoms with Crippen LogP contribution in [-0.2, 0) is 0 Å². The summed E-state index contributed by atoms with van der Waals surface area (Å²) in [6, 6.07) is 6.38. The summed E-state index contributed by atoms with van der Waals surface area (Å²) in [5.74, 6) is 0.632. The number of hydrogen-bond acceptors (Lipinski definition) is 2. The molecule has 0 aromatic heterocycles. The molecule has 1 rings (SSSR count). The molecule has 4 nitrogen and oxygen atoms in total. The fourth-order valence-corrected chi connectivity index (χ4v) is 1.43. The predicted octanol–water partition coefficient (Wildman–Crippen LogP) is 2.40. The first kappa shape index (κ1) is 17.9. The van der Waals surface area contributed by atoms with Gasteiger partial charge in [0.1, 0.15) is 6.10 Å². The monoisotopic (exact) mass is 381 g/mol. The van der Waals surface area contributed by atoms with Gasteiger partial charge in [-0.25, -0.2) is 4.39 Å². The van der Waals surface area contributed by atoms with E-state index >= 15 is 0 Å². The van der Waals surface area contributed by atoms with Crippen LogP contribution in [0.5, 0.6) is 5.75 Å². The Balaban J connectivity index is 0.00000324. The molecular weight excluding hydrogens is 360 g/mol. The molecule has 0 bridgehead atoms. The number of ether oxygens (including phenoxy) is 1. The van der Waals surface area contributed by atoms with Crippen molar-refractivity contribution in [3.63, 3.8) is 0 Å². The fourth-order valence-electron chi connectivity index (χ4n) is 1.43. The first-order valence-corrected chi connectivity index (χ1v) is 6.03. The number of halogens is 2. The van der Waals surface area contributed by atoms with E-state index in [0.717, 1.165) is 6.54 Å². The third-order valence-corrected chi connectivity index (χ3v) is 2.29. The Labute approximate surface area is 130 Å². The molecule has 19 heavy (non-hydrogen) atoms. The summed E-state index contributed by atoms with van der Waals surface area (Å²) in [6.07, 6.45) is -0.155. The molecule has 2 N–H and O–H groups in total. The van der Waals surface area contributed by atoms with Crippen LogP contribution in [0.3, 0.4) is 0 Å². The molecule has 0 aliphatic heterocycles. The summed E-state index contributed by atoms with van der Waals surface area (Å²) in [6.45, 7) is 5.21. The van der Waals surface area contributed by atoms with E-state index in [4.69, 9.17) is 4.74 Å². The lowest BCUT2D eigenvalue weighted by molar-refractivity contribution is 0.214. The SMILES string of the molecule is CCNC(=NC)NCC(C)Oc1ccccc1F.I. The number of nitrogens with zero attached hydrogens (tertiary/aromatic N) is 1. The normalized spacial score (nSPS) is 12.3. The lowest BCUT2D eigenvalue weighted by atomic mass is 10.3. The van der Waals surface area contributed by atoms with Crippen molar-refractivity contribution < 1.29 is 9.13 Å². The minimum atomic E-state index is -0.347. The molecule has 0 amide bonds. The number of para-hydroxylation sites is 1. The highest BCUT2D eigenvalue weighted by atomic mass is 127. The van der Waals surface area contributed by atoms with E-state index in [1.54, 1.807) is 25.2 Å². The van der Waals surface area contributed by atoms with E-state index in [1.165, 1.54) is 6.07 Å². The van der Waals surface area contributed by atoms with Crippen molar-refractivity contribution in [1.82, 2.24) is 10.6 Å². The van der Waals surface area contributed by atoms with E-state index in [-0.39, 0.29) is 41.6 Å². The van der Waals surface area contributed by atoms with Crippen molar-refractivity contribution in [3.8, 4) is 5.75 Å². The number of benzene rings is 1. The fraction of sp³-hybridized carbons (Fsp3) is 0.462. The maximum Gasteiger partial charge on any atom is 0.191 e. The van der Waals surface area contributed by atoms with Crippen LogP contribution in [0.1, 0.15) is 13.8 Å². The number of hydrogen-bond donors (Lipinski definition) is 2. The molecule has 1 unspecified atom stereocenters. The zero-order valence-corrected chi connectivity index (χ0v) is 13.8. The second-order valence-corrected chi connectivity index (χ2v) is 3.84. The van der Waals surface area contributed by atoms with Crippen LogP contribution in [0.2, 0.25) is 0 Å². The zero-order chi connectivity index (χ0) is 13.4. The molecule has 0 spiro atoms. The van der Waals surface area contributed by atoms with E-state index in [2.05, 4.69) is 15.6 Å². The average molecular weight is 381 g/mol. The first-order valence-electron chi connectivity index (χ1n) is 6.03. The van der Waals surface area contributed by atoms with Gasteiger partial charge in [-0.05, 0) is 26.0 Å².